The van der Waals surface area contributed by atoms with Gasteiger partial charge in [-0.05, 0) is 105 Å². The number of benzene rings is 4. The molecule has 1 aliphatic rings. The van der Waals surface area contributed by atoms with E-state index in [1.54, 1.807) is 18.5 Å². The summed E-state index contributed by atoms with van der Waals surface area (Å²) in [6.45, 7) is 4.63. The number of rotatable bonds is 1. The molecule has 40 heavy (non-hydrogen) atoms. The third kappa shape index (κ3) is 4.81. The van der Waals surface area contributed by atoms with E-state index >= 15 is 0 Å². The number of hydrogen-bond donors (Lipinski definition) is 0. The third-order valence-corrected chi connectivity index (χ3v) is 7.95. The van der Waals surface area contributed by atoms with Crippen molar-refractivity contribution in [2.75, 3.05) is 0 Å². The van der Waals surface area contributed by atoms with Crippen molar-refractivity contribution in [3.8, 4) is 11.1 Å². The Kier molecular flexibility index (Phi) is 6.53. The van der Waals surface area contributed by atoms with Gasteiger partial charge in [-0.15, -0.1) is 0 Å². The summed E-state index contributed by atoms with van der Waals surface area (Å²) in [5.74, 6) is 0. The second-order valence-electron chi connectivity index (χ2n) is 11.0. The molecule has 0 bridgehead atoms. The number of aryl methyl sites for hydroxylation is 1. The highest BCUT2D eigenvalue weighted by molar-refractivity contribution is 6.13. The molecular weight excluding hydrogens is 505 g/mol. The SMILES string of the molecule is CC1(C)CCCc2ccc3c(ccc4c(-c5cccc(C(F)(F)F)c5)cccc43)c21.c1cnc2ncccc2c1. The van der Waals surface area contributed by atoms with Crippen molar-refractivity contribution < 1.29 is 13.2 Å². The van der Waals surface area contributed by atoms with Crippen LogP contribution in [0.2, 0.25) is 0 Å². The van der Waals surface area contributed by atoms with Gasteiger partial charge in [-0.1, -0.05) is 68.4 Å². The normalized spacial score (nSPS) is 14.5. The first-order valence-corrected chi connectivity index (χ1v) is 13.5. The summed E-state index contributed by atoms with van der Waals surface area (Å²) in [4.78, 5) is 8.14. The fourth-order valence-electron chi connectivity index (χ4n) is 6.09. The van der Waals surface area contributed by atoms with Gasteiger partial charge in [0.15, 0.2) is 5.65 Å². The number of fused-ring (bicyclic) bond motifs is 6. The van der Waals surface area contributed by atoms with Crippen LogP contribution in [0.4, 0.5) is 13.2 Å². The molecule has 0 fully saturated rings. The zero-order valence-electron chi connectivity index (χ0n) is 22.5. The van der Waals surface area contributed by atoms with E-state index in [0.29, 0.717) is 5.56 Å². The Morgan fingerprint density at radius 3 is 2.10 bits per heavy atom. The number of hydrogen-bond acceptors (Lipinski definition) is 2. The van der Waals surface area contributed by atoms with Crippen LogP contribution in [0.25, 0.3) is 43.7 Å². The minimum atomic E-state index is -4.35. The van der Waals surface area contributed by atoms with E-state index in [-0.39, 0.29) is 5.41 Å². The van der Waals surface area contributed by atoms with E-state index in [1.165, 1.54) is 46.9 Å². The van der Waals surface area contributed by atoms with E-state index < -0.39 is 11.7 Å². The lowest BCUT2D eigenvalue weighted by molar-refractivity contribution is -0.137. The minimum Gasteiger partial charge on any atom is -0.237 e. The van der Waals surface area contributed by atoms with Crippen LogP contribution in [0.1, 0.15) is 43.4 Å². The summed E-state index contributed by atoms with van der Waals surface area (Å²) < 4.78 is 39.7. The number of nitrogens with zero attached hydrogens (tertiary/aromatic N) is 2. The Labute approximate surface area is 231 Å². The Hall–Kier alpha value is -4.25. The fourth-order valence-corrected chi connectivity index (χ4v) is 6.09. The predicted molar refractivity (Wildman–Crippen MR) is 157 cm³/mol. The topological polar surface area (TPSA) is 25.8 Å². The number of pyridine rings is 2. The van der Waals surface area contributed by atoms with Crippen molar-refractivity contribution >= 4 is 32.6 Å². The van der Waals surface area contributed by atoms with Gasteiger partial charge in [0.25, 0.3) is 0 Å². The highest BCUT2D eigenvalue weighted by Gasteiger charge is 2.31. The van der Waals surface area contributed by atoms with E-state index in [2.05, 4.69) is 54.1 Å². The van der Waals surface area contributed by atoms with Gasteiger partial charge >= 0.3 is 6.18 Å². The van der Waals surface area contributed by atoms with Gasteiger partial charge in [0, 0.05) is 17.8 Å². The molecule has 4 aromatic carbocycles. The van der Waals surface area contributed by atoms with Crippen molar-refractivity contribution in [1.82, 2.24) is 9.97 Å². The zero-order chi connectivity index (χ0) is 27.9. The first kappa shape index (κ1) is 26.0. The van der Waals surface area contributed by atoms with Crippen molar-refractivity contribution in [3.63, 3.8) is 0 Å². The molecule has 200 valence electrons. The summed E-state index contributed by atoms with van der Waals surface area (Å²) in [5, 5.41) is 5.61. The second-order valence-corrected chi connectivity index (χ2v) is 11.0. The molecule has 0 atom stereocenters. The van der Waals surface area contributed by atoms with Crippen LogP contribution in [-0.4, -0.2) is 9.97 Å². The summed E-state index contributed by atoms with van der Waals surface area (Å²) in [6.07, 6.45) is 2.62. The Balaban J connectivity index is 0.000000242. The lowest BCUT2D eigenvalue weighted by Crippen LogP contribution is -2.24. The van der Waals surface area contributed by atoms with Crippen LogP contribution in [0.3, 0.4) is 0 Å². The Bertz CT molecular complexity index is 1790. The van der Waals surface area contributed by atoms with Crippen LogP contribution in [0.5, 0.6) is 0 Å². The van der Waals surface area contributed by atoms with E-state index in [4.69, 9.17) is 0 Å². The first-order chi connectivity index (χ1) is 19.2. The summed E-state index contributed by atoms with van der Waals surface area (Å²) in [7, 11) is 0. The molecule has 0 saturated carbocycles. The van der Waals surface area contributed by atoms with Gasteiger partial charge in [-0.2, -0.15) is 13.2 Å². The van der Waals surface area contributed by atoms with Crippen LogP contribution in [-0.2, 0) is 18.0 Å². The van der Waals surface area contributed by atoms with Crippen LogP contribution in [0.15, 0.2) is 103 Å². The molecule has 1 aliphatic carbocycles. The standard InChI is InChI=1S/C27H23F3.C8H6N2/c1-26(2)15-5-7-17-11-12-23-21-10-4-9-20(22(21)13-14-24(23)25(17)26)18-6-3-8-19(16-18)27(28,29)30;1-3-7-4-2-6-10-8(7)9-5-1/h3-4,6,8-14,16H,5,7,15H2,1-2H3;1-6H. The van der Waals surface area contributed by atoms with E-state index in [9.17, 15) is 13.2 Å². The zero-order valence-corrected chi connectivity index (χ0v) is 22.5. The van der Waals surface area contributed by atoms with Gasteiger partial charge in [0.1, 0.15) is 0 Å². The molecule has 6 aromatic rings. The molecule has 0 amide bonds. The molecule has 0 aliphatic heterocycles. The molecule has 0 radical (unpaired) electrons. The van der Waals surface area contributed by atoms with Crippen LogP contribution >= 0.6 is 0 Å². The quantitative estimate of drug-likeness (QED) is 0.196. The molecule has 0 saturated heterocycles. The van der Waals surface area contributed by atoms with Crippen LogP contribution < -0.4 is 0 Å². The van der Waals surface area contributed by atoms with Gasteiger partial charge in [0.05, 0.1) is 5.56 Å². The maximum Gasteiger partial charge on any atom is 0.416 e. The van der Waals surface area contributed by atoms with E-state index in [1.807, 2.05) is 36.4 Å². The average Bonchev–Trinajstić information content (AvgIpc) is 2.96. The lowest BCUT2D eigenvalue weighted by Gasteiger charge is -2.34. The summed E-state index contributed by atoms with van der Waals surface area (Å²) >= 11 is 0. The maximum absolute atomic E-state index is 13.2. The molecule has 7 rings (SSSR count). The first-order valence-electron chi connectivity index (χ1n) is 13.5. The molecule has 2 aromatic heterocycles. The molecular formula is C35H29F3N2. The van der Waals surface area contributed by atoms with E-state index in [0.717, 1.165) is 39.9 Å². The third-order valence-electron chi connectivity index (χ3n) is 7.95. The largest absolute Gasteiger partial charge is 0.416 e. The smallest absolute Gasteiger partial charge is 0.237 e. The highest BCUT2D eigenvalue weighted by atomic mass is 19.4. The van der Waals surface area contributed by atoms with Crippen molar-refractivity contribution in [3.05, 3.63) is 120 Å². The van der Waals surface area contributed by atoms with Gasteiger partial charge in [0.2, 0.25) is 0 Å². The van der Waals surface area contributed by atoms with Crippen LogP contribution in [0, 0.1) is 0 Å². The van der Waals surface area contributed by atoms with Gasteiger partial charge in [-0.3, -0.25) is 0 Å². The van der Waals surface area contributed by atoms with Crippen molar-refractivity contribution in [2.24, 2.45) is 0 Å². The molecule has 2 heterocycles. The summed E-state index contributed by atoms with van der Waals surface area (Å²) in [5.41, 5.74) is 4.59. The average molecular weight is 535 g/mol. The molecule has 0 N–H and O–H groups in total. The van der Waals surface area contributed by atoms with Crippen molar-refractivity contribution in [1.29, 1.82) is 0 Å². The Morgan fingerprint density at radius 1 is 0.700 bits per heavy atom. The number of aromatic nitrogens is 2. The number of halogens is 3. The molecule has 2 nitrogen and oxygen atoms in total. The Morgan fingerprint density at radius 2 is 1.38 bits per heavy atom. The molecule has 0 unspecified atom stereocenters. The maximum atomic E-state index is 13.2. The van der Waals surface area contributed by atoms with Gasteiger partial charge < -0.3 is 0 Å². The monoisotopic (exact) mass is 534 g/mol. The minimum absolute atomic E-state index is 0.124. The fraction of sp³-hybridized carbons (Fsp3) is 0.200. The number of alkyl halides is 3. The van der Waals surface area contributed by atoms with Crippen molar-refractivity contribution in [2.45, 2.75) is 44.7 Å². The lowest BCUT2D eigenvalue weighted by atomic mass is 9.70. The molecule has 0 spiro atoms. The second kappa shape index (κ2) is 10.1. The summed E-state index contributed by atoms with van der Waals surface area (Å²) in [6, 6.07) is 28.0. The predicted octanol–water partition coefficient (Wildman–Crippen LogP) is 9.92. The van der Waals surface area contributed by atoms with Gasteiger partial charge in [-0.25, -0.2) is 9.97 Å². The molecule has 5 heteroatoms. The highest BCUT2D eigenvalue weighted by Crippen LogP contribution is 2.43.